The van der Waals surface area contributed by atoms with Gasteiger partial charge in [-0.2, -0.15) is 0 Å². The zero-order valence-corrected chi connectivity index (χ0v) is 17.6. The Kier molecular flexibility index (Phi) is 4.75. The van der Waals surface area contributed by atoms with Gasteiger partial charge in [-0.05, 0) is 25.0 Å². The fourth-order valence-electron chi connectivity index (χ4n) is 4.06. The number of rotatable bonds is 1. The van der Waals surface area contributed by atoms with Crippen LogP contribution in [0.25, 0.3) is 19.5 Å². The Morgan fingerprint density at radius 3 is 2.07 bits per heavy atom. The molecule has 29 heavy (non-hydrogen) atoms. The first-order valence-electron chi connectivity index (χ1n) is 9.90. The summed E-state index contributed by atoms with van der Waals surface area (Å²) in [5.41, 5.74) is 0. The molecule has 8 heteroatoms. The summed E-state index contributed by atoms with van der Waals surface area (Å²) < 4.78 is 3.55. The van der Waals surface area contributed by atoms with Gasteiger partial charge in [-0.25, -0.2) is 0 Å². The van der Waals surface area contributed by atoms with Crippen LogP contribution in [0, 0.1) is 0 Å². The smallest absolute Gasteiger partial charge is 0.312 e. The van der Waals surface area contributed by atoms with Crippen molar-refractivity contribution >= 4 is 59.9 Å². The van der Waals surface area contributed by atoms with Crippen LogP contribution < -0.4 is 0 Å². The van der Waals surface area contributed by atoms with E-state index in [-0.39, 0.29) is 5.91 Å². The van der Waals surface area contributed by atoms with Crippen LogP contribution >= 0.6 is 22.7 Å². The molecule has 0 saturated carbocycles. The van der Waals surface area contributed by atoms with Crippen LogP contribution in [0.3, 0.4) is 0 Å². The van der Waals surface area contributed by atoms with E-state index >= 15 is 0 Å². The molecule has 4 heterocycles. The van der Waals surface area contributed by atoms with Gasteiger partial charge in [0.25, 0.3) is 5.91 Å². The summed E-state index contributed by atoms with van der Waals surface area (Å²) in [6.07, 6.45) is 1.93. The van der Waals surface area contributed by atoms with Gasteiger partial charge in [0, 0.05) is 54.1 Å². The minimum absolute atomic E-state index is 0.0143. The summed E-state index contributed by atoms with van der Waals surface area (Å²) in [4.78, 5) is 43.5. The lowest BCUT2D eigenvalue weighted by Crippen LogP contribution is -2.54. The Balaban J connectivity index is 1.25. The first-order chi connectivity index (χ1) is 14.1. The summed E-state index contributed by atoms with van der Waals surface area (Å²) in [7, 11) is 0. The monoisotopic (exact) mass is 427 g/mol. The van der Waals surface area contributed by atoms with Gasteiger partial charge in [0.05, 0.1) is 9.58 Å². The van der Waals surface area contributed by atoms with Gasteiger partial charge < -0.3 is 14.7 Å². The van der Waals surface area contributed by atoms with Crippen LogP contribution in [0.1, 0.15) is 22.5 Å². The predicted molar refractivity (Wildman–Crippen MR) is 116 cm³/mol. The van der Waals surface area contributed by atoms with Crippen molar-refractivity contribution in [2.45, 2.75) is 12.8 Å². The van der Waals surface area contributed by atoms with Gasteiger partial charge >= 0.3 is 11.8 Å². The number of likely N-dealkylation sites (tertiary alicyclic amines) is 1. The minimum atomic E-state index is -0.429. The van der Waals surface area contributed by atoms with E-state index < -0.39 is 11.8 Å². The van der Waals surface area contributed by atoms with Crippen molar-refractivity contribution in [2.75, 3.05) is 39.3 Å². The van der Waals surface area contributed by atoms with Crippen LogP contribution in [0.15, 0.2) is 30.3 Å². The third kappa shape index (κ3) is 3.30. The molecule has 0 unspecified atom stereocenters. The molecule has 0 radical (unpaired) electrons. The number of carbonyl (C=O) groups excluding carboxylic acids is 3. The van der Waals surface area contributed by atoms with Crippen molar-refractivity contribution in [1.29, 1.82) is 0 Å². The van der Waals surface area contributed by atoms with Crippen molar-refractivity contribution < 1.29 is 14.4 Å². The molecule has 0 atom stereocenters. The lowest BCUT2D eigenvalue weighted by molar-refractivity contribution is -0.152. The van der Waals surface area contributed by atoms with E-state index in [4.69, 9.17) is 0 Å². The molecule has 5 rings (SSSR count). The molecule has 6 nitrogen and oxygen atoms in total. The second-order valence-corrected chi connectivity index (χ2v) is 9.62. The number of benzene rings is 1. The molecule has 2 aliphatic heterocycles. The zero-order chi connectivity index (χ0) is 20.0. The van der Waals surface area contributed by atoms with Crippen molar-refractivity contribution in [3.63, 3.8) is 0 Å². The second kappa shape index (κ2) is 7.42. The molecule has 3 aromatic rings. The molecule has 2 fully saturated rings. The highest BCUT2D eigenvalue weighted by Gasteiger charge is 2.32. The standard InChI is InChI=1S/C21H21N3O3S2/c25-19(17-13-16-18(29-17)14-5-1-2-6-15(14)28-16)23-9-11-24(12-10-23)21(27)20(26)22-7-3-4-8-22/h1-2,5-6,13H,3-4,7-12H2. The number of thiophene rings is 2. The van der Waals surface area contributed by atoms with Crippen LogP contribution in [0.2, 0.25) is 0 Å². The summed E-state index contributed by atoms with van der Waals surface area (Å²) in [5, 5.41) is 1.20. The normalized spacial score (nSPS) is 17.4. The van der Waals surface area contributed by atoms with Gasteiger partial charge in [0.1, 0.15) is 0 Å². The highest BCUT2D eigenvalue weighted by atomic mass is 32.1. The Hall–Kier alpha value is -2.45. The van der Waals surface area contributed by atoms with Crippen LogP contribution in [-0.4, -0.2) is 71.7 Å². The lowest BCUT2D eigenvalue weighted by Gasteiger charge is -2.34. The number of piperazine rings is 1. The van der Waals surface area contributed by atoms with Gasteiger partial charge in [-0.1, -0.05) is 18.2 Å². The number of amides is 3. The minimum Gasteiger partial charge on any atom is -0.334 e. The maximum absolute atomic E-state index is 13.0. The number of fused-ring (bicyclic) bond motifs is 3. The van der Waals surface area contributed by atoms with Gasteiger partial charge in [0.15, 0.2) is 0 Å². The topological polar surface area (TPSA) is 60.9 Å². The molecule has 0 N–H and O–H groups in total. The fourth-order valence-corrected chi connectivity index (χ4v) is 6.56. The maximum Gasteiger partial charge on any atom is 0.312 e. The zero-order valence-electron chi connectivity index (χ0n) is 15.9. The molecule has 2 saturated heterocycles. The predicted octanol–water partition coefficient (Wildman–Crippen LogP) is 3.02. The van der Waals surface area contributed by atoms with Crippen molar-refractivity contribution in [3.05, 3.63) is 35.2 Å². The van der Waals surface area contributed by atoms with E-state index in [9.17, 15) is 14.4 Å². The molecular weight excluding hydrogens is 406 g/mol. The van der Waals surface area contributed by atoms with Gasteiger partial charge in [-0.3, -0.25) is 14.4 Å². The third-order valence-corrected chi connectivity index (χ3v) is 8.09. The largest absolute Gasteiger partial charge is 0.334 e. The first kappa shape index (κ1) is 18.6. The molecule has 3 amide bonds. The Morgan fingerprint density at radius 1 is 0.724 bits per heavy atom. The summed E-state index contributed by atoms with van der Waals surface area (Å²) in [6.45, 7) is 3.09. The van der Waals surface area contributed by atoms with Crippen molar-refractivity contribution in [2.24, 2.45) is 0 Å². The Labute approximate surface area is 176 Å². The molecule has 0 bridgehead atoms. The van der Waals surface area contributed by atoms with E-state index in [1.54, 1.807) is 37.4 Å². The average Bonchev–Trinajstić information content (AvgIpc) is 3.48. The van der Waals surface area contributed by atoms with Crippen LogP contribution in [0.4, 0.5) is 0 Å². The van der Waals surface area contributed by atoms with E-state index in [0.717, 1.165) is 22.4 Å². The molecule has 0 aliphatic carbocycles. The van der Waals surface area contributed by atoms with Gasteiger partial charge in [0.2, 0.25) is 0 Å². The van der Waals surface area contributed by atoms with E-state index in [2.05, 4.69) is 12.1 Å². The Bertz CT molecular complexity index is 1100. The number of carbonyl (C=O) groups is 3. The SMILES string of the molecule is O=C(C(=O)N1CCN(C(=O)c2cc3sc4ccccc4c3s2)CC1)N1CCCC1. The number of nitrogens with zero attached hydrogens (tertiary/aromatic N) is 3. The first-order valence-corrected chi connectivity index (χ1v) is 11.5. The highest BCUT2D eigenvalue weighted by Crippen LogP contribution is 2.39. The summed E-state index contributed by atoms with van der Waals surface area (Å²) >= 11 is 3.25. The number of hydrogen-bond donors (Lipinski definition) is 0. The van der Waals surface area contributed by atoms with Crippen molar-refractivity contribution in [1.82, 2.24) is 14.7 Å². The summed E-state index contributed by atoms with van der Waals surface area (Å²) in [6, 6.07) is 10.2. The van der Waals surface area contributed by atoms with Gasteiger partial charge in [-0.15, -0.1) is 22.7 Å². The quantitative estimate of drug-likeness (QED) is 0.561. The molecule has 0 spiro atoms. The van der Waals surface area contributed by atoms with E-state index in [0.29, 0.717) is 39.3 Å². The van der Waals surface area contributed by atoms with E-state index in [1.807, 2.05) is 18.2 Å². The molecule has 1 aromatic carbocycles. The van der Waals surface area contributed by atoms with E-state index in [1.165, 1.54) is 14.8 Å². The second-order valence-electron chi connectivity index (χ2n) is 7.49. The van der Waals surface area contributed by atoms with Crippen LogP contribution in [-0.2, 0) is 9.59 Å². The molecular formula is C21H21N3O3S2. The molecule has 150 valence electrons. The average molecular weight is 428 g/mol. The Morgan fingerprint density at radius 2 is 1.34 bits per heavy atom. The van der Waals surface area contributed by atoms with Crippen LogP contribution in [0.5, 0.6) is 0 Å². The third-order valence-electron chi connectivity index (χ3n) is 5.69. The highest BCUT2D eigenvalue weighted by molar-refractivity contribution is 7.33. The molecule has 2 aromatic heterocycles. The summed E-state index contributed by atoms with van der Waals surface area (Å²) in [5.74, 6) is -0.810. The lowest BCUT2D eigenvalue weighted by atomic mass is 10.2. The van der Waals surface area contributed by atoms with Crippen molar-refractivity contribution in [3.8, 4) is 0 Å². The molecule has 2 aliphatic rings. The number of hydrogen-bond acceptors (Lipinski definition) is 5. The fraction of sp³-hybridized carbons (Fsp3) is 0.381. The maximum atomic E-state index is 13.0.